The number of pyridine rings is 1. The molecule has 0 saturated carbocycles. The van der Waals surface area contributed by atoms with Crippen molar-refractivity contribution in [2.75, 3.05) is 7.11 Å². The summed E-state index contributed by atoms with van der Waals surface area (Å²) in [6.45, 7) is 0. The van der Waals surface area contributed by atoms with Crippen LogP contribution in [-0.4, -0.2) is 17.9 Å². The zero-order chi connectivity index (χ0) is 13.8. The fraction of sp³-hybridized carbons (Fsp3) is 0.143. The molecule has 1 heterocycles. The van der Waals surface area contributed by atoms with Gasteiger partial charge in [0.05, 0.1) is 7.11 Å². The first kappa shape index (κ1) is 13.5. The van der Waals surface area contributed by atoms with Gasteiger partial charge in [-0.1, -0.05) is 17.7 Å². The van der Waals surface area contributed by atoms with Crippen molar-refractivity contribution >= 4 is 17.4 Å². The molecule has 0 aliphatic heterocycles. The second-order valence-electron chi connectivity index (χ2n) is 3.94. The number of aromatic nitrogens is 1. The summed E-state index contributed by atoms with van der Waals surface area (Å²) in [5.41, 5.74) is 1.03. The molecule has 0 unspecified atom stereocenters. The van der Waals surface area contributed by atoms with E-state index in [1.54, 1.807) is 18.2 Å². The lowest BCUT2D eigenvalue weighted by Crippen LogP contribution is -2.04. The first-order valence-electron chi connectivity index (χ1n) is 5.57. The van der Waals surface area contributed by atoms with Gasteiger partial charge < -0.3 is 4.74 Å². The van der Waals surface area contributed by atoms with E-state index in [1.165, 1.54) is 25.4 Å². The molecule has 2 aromatic rings. The van der Waals surface area contributed by atoms with Crippen molar-refractivity contribution < 1.29 is 13.9 Å². The Morgan fingerprint density at radius 1 is 1.37 bits per heavy atom. The topological polar surface area (TPSA) is 39.2 Å². The highest BCUT2D eigenvalue weighted by molar-refractivity contribution is 6.29. The van der Waals surface area contributed by atoms with Gasteiger partial charge in [-0.05, 0) is 29.8 Å². The lowest BCUT2D eigenvalue weighted by molar-refractivity contribution is 0.0992. The SMILES string of the molecule is COc1ccc(CC(=O)c2ccc(Cl)nc2)cc1F. The van der Waals surface area contributed by atoms with Crippen molar-refractivity contribution in [1.82, 2.24) is 4.98 Å². The maximum atomic E-state index is 13.5. The molecule has 1 aromatic heterocycles. The molecule has 0 N–H and O–H groups in total. The minimum Gasteiger partial charge on any atom is -0.494 e. The molecule has 19 heavy (non-hydrogen) atoms. The molecule has 0 aliphatic carbocycles. The first-order valence-corrected chi connectivity index (χ1v) is 5.95. The van der Waals surface area contributed by atoms with E-state index in [-0.39, 0.29) is 18.0 Å². The fourth-order valence-electron chi connectivity index (χ4n) is 1.65. The maximum Gasteiger partial charge on any atom is 0.168 e. The highest BCUT2D eigenvalue weighted by Gasteiger charge is 2.10. The molecule has 0 amide bonds. The van der Waals surface area contributed by atoms with Crippen molar-refractivity contribution in [3.63, 3.8) is 0 Å². The van der Waals surface area contributed by atoms with E-state index in [2.05, 4.69) is 4.98 Å². The van der Waals surface area contributed by atoms with Gasteiger partial charge in [0.15, 0.2) is 17.3 Å². The van der Waals surface area contributed by atoms with Crippen molar-refractivity contribution in [3.8, 4) is 5.75 Å². The molecule has 0 radical (unpaired) electrons. The van der Waals surface area contributed by atoms with E-state index in [4.69, 9.17) is 16.3 Å². The Kier molecular flexibility index (Phi) is 4.12. The van der Waals surface area contributed by atoms with Gasteiger partial charge in [0.2, 0.25) is 0 Å². The number of Topliss-reactive ketones (excluding diaryl/α,β-unsaturated/α-hetero) is 1. The van der Waals surface area contributed by atoms with Gasteiger partial charge in [0.1, 0.15) is 5.15 Å². The van der Waals surface area contributed by atoms with Gasteiger partial charge in [0, 0.05) is 18.2 Å². The summed E-state index contributed by atoms with van der Waals surface area (Å²) < 4.78 is 18.3. The highest BCUT2D eigenvalue weighted by atomic mass is 35.5. The molecule has 3 nitrogen and oxygen atoms in total. The number of methoxy groups -OCH3 is 1. The number of halogens is 2. The Labute approximate surface area is 115 Å². The number of carbonyl (C=O) groups is 1. The van der Waals surface area contributed by atoms with Crippen molar-refractivity contribution in [2.45, 2.75) is 6.42 Å². The van der Waals surface area contributed by atoms with E-state index < -0.39 is 5.82 Å². The number of hydrogen-bond donors (Lipinski definition) is 0. The average molecular weight is 280 g/mol. The summed E-state index contributed by atoms with van der Waals surface area (Å²) in [6, 6.07) is 7.59. The third-order valence-electron chi connectivity index (χ3n) is 2.63. The molecule has 0 saturated heterocycles. The van der Waals surface area contributed by atoms with Crippen LogP contribution in [0.25, 0.3) is 0 Å². The number of rotatable bonds is 4. The molecule has 5 heteroatoms. The van der Waals surface area contributed by atoms with Crippen LogP contribution in [0.4, 0.5) is 4.39 Å². The number of carbonyl (C=O) groups excluding carboxylic acids is 1. The summed E-state index contributed by atoms with van der Waals surface area (Å²) in [5, 5.41) is 0.326. The number of ketones is 1. The number of hydrogen-bond acceptors (Lipinski definition) is 3. The minimum atomic E-state index is -0.484. The average Bonchev–Trinajstić information content (AvgIpc) is 2.39. The quantitative estimate of drug-likeness (QED) is 0.637. The molecule has 2 rings (SSSR count). The Hall–Kier alpha value is -1.94. The van der Waals surface area contributed by atoms with E-state index in [0.717, 1.165) is 0 Å². The van der Waals surface area contributed by atoms with Gasteiger partial charge >= 0.3 is 0 Å². The van der Waals surface area contributed by atoms with Crippen LogP contribution in [0, 0.1) is 5.82 Å². The number of ether oxygens (including phenoxy) is 1. The smallest absolute Gasteiger partial charge is 0.168 e. The molecular weight excluding hydrogens is 269 g/mol. The highest BCUT2D eigenvalue weighted by Crippen LogP contribution is 2.19. The normalized spacial score (nSPS) is 10.3. The molecule has 0 fully saturated rings. The van der Waals surface area contributed by atoms with Crippen molar-refractivity contribution in [3.05, 3.63) is 58.6 Å². The molecule has 98 valence electrons. The molecule has 0 aliphatic rings. The van der Waals surface area contributed by atoms with E-state index in [1.807, 2.05) is 0 Å². The van der Waals surface area contributed by atoms with Gasteiger partial charge in [-0.2, -0.15) is 0 Å². The van der Waals surface area contributed by atoms with Crippen molar-refractivity contribution in [2.24, 2.45) is 0 Å². The monoisotopic (exact) mass is 279 g/mol. The Bertz CT molecular complexity index is 599. The maximum absolute atomic E-state index is 13.5. The lowest BCUT2D eigenvalue weighted by atomic mass is 10.0. The van der Waals surface area contributed by atoms with Crippen LogP contribution in [0.5, 0.6) is 5.75 Å². The Morgan fingerprint density at radius 2 is 2.16 bits per heavy atom. The predicted molar refractivity (Wildman–Crippen MR) is 70.2 cm³/mol. The van der Waals surface area contributed by atoms with Gasteiger partial charge in [0.25, 0.3) is 0 Å². The number of benzene rings is 1. The summed E-state index contributed by atoms with van der Waals surface area (Å²) in [5.74, 6) is -0.472. The van der Waals surface area contributed by atoms with Gasteiger partial charge in [-0.3, -0.25) is 4.79 Å². The molecule has 1 aromatic carbocycles. The Morgan fingerprint density at radius 3 is 2.74 bits per heavy atom. The van der Waals surface area contributed by atoms with Crippen LogP contribution in [0.1, 0.15) is 15.9 Å². The van der Waals surface area contributed by atoms with Crippen LogP contribution in [0.3, 0.4) is 0 Å². The second kappa shape index (κ2) is 5.80. The van der Waals surface area contributed by atoms with E-state index >= 15 is 0 Å². The van der Waals surface area contributed by atoms with E-state index in [9.17, 15) is 9.18 Å². The Balaban J connectivity index is 2.14. The van der Waals surface area contributed by atoms with Gasteiger partial charge in [-0.25, -0.2) is 9.37 Å². The minimum absolute atomic E-state index is 0.101. The van der Waals surface area contributed by atoms with Crippen LogP contribution < -0.4 is 4.74 Å². The van der Waals surface area contributed by atoms with Gasteiger partial charge in [-0.15, -0.1) is 0 Å². The third-order valence-corrected chi connectivity index (χ3v) is 2.85. The van der Waals surface area contributed by atoms with Crippen LogP contribution in [-0.2, 0) is 6.42 Å². The second-order valence-corrected chi connectivity index (χ2v) is 4.33. The van der Waals surface area contributed by atoms with E-state index in [0.29, 0.717) is 16.3 Å². The van der Waals surface area contributed by atoms with Crippen molar-refractivity contribution in [1.29, 1.82) is 0 Å². The summed E-state index contributed by atoms with van der Waals surface area (Å²) in [6.07, 6.45) is 1.51. The first-order chi connectivity index (χ1) is 9.10. The fourth-order valence-corrected chi connectivity index (χ4v) is 1.76. The van der Waals surface area contributed by atoms with Crippen LogP contribution in [0.2, 0.25) is 5.15 Å². The van der Waals surface area contributed by atoms with Crippen LogP contribution >= 0.6 is 11.6 Å². The predicted octanol–water partition coefficient (Wildman–Crippen LogP) is 3.31. The summed E-state index contributed by atoms with van der Waals surface area (Å²) in [7, 11) is 1.39. The zero-order valence-electron chi connectivity index (χ0n) is 10.2. The molecule has 0 atom stereocenters. The molecule has 0 bridgehead atoms. The summed E-state index contributed by atoms with van der Waals surface area (Å²) in [4.78, 5) is 15.8. The standard InChI is InChI=1S/C14H11ClFNO2/c1-19-13-4-2-9(6-11(13)16)7-12(18)10-3-5-14(15)17-8-10/h2-6,8H,7H2,1H3. The third kappa shape index (κ3) is 3.29. The largest absolute Gasteiger partial charge is 0.494 e. The molecular formula is C14H11ClFNO2. The molecule has 0 spiro atoms. The zero-order valence-corrected chi connectivity index (χ0v) is 10.9. The lowest BCUT2D eigenvalue weighted by Gasteiger charge is -2.05. The van der Waals surface area contributed by atoms with Crippen LogP contribution in [0.15, 0.2) is 36.5 Å². The summed E-state index contributed by atoms with van der Waals surface area (Å²) >= 11 is 5.64. The number of nitrogens with zero attached hydrogens (tertiary/aromatic N) is 1.